The number of rotatable bonds is 6. The van der Waals surface area contributed by atoms with Crippen LogP contribution in [0.2, 0.25) is 0 Å². The maximum absolute atomic E-state index is 12.4. The number of pyridine rings is 1. The summed E-state index contributed by atoms with van der Waals surface area (Å²) in [4.78, 5) is 17.0. The number of aryl methyl sites for hydroxylation is 2. The van der Waals surface area contributed by atoms with Crippen LogP contribution in [0.1, 0.15) is 49.2 Å². The first-order valence-electron chi connectivity index (χ1n) is 9.29. The molecule has 1 atom stereocenters. The Morgan fingerprint density at radius 2 is 1.85 bits per heavy atom. The summed E-state index contributed by atoms with van der Waals surface area (Å²) in [6, 6.07) is 14.5. The standard InChI is InChI=1S/C22H27N3O/c1-5-17-7-9-18(10-8-17)22(15(2)3)23-13-19-12-21(26)25-14-16(4)6-11-20(25)24-19/h6-12,14-15,22-23H,5,13H2,1-4H3/t22-/m0/s1. The van der Waals surface area contributed by atoms with E-state index in [9.17, 15) is 4.79 Å². The van der Waals surface area contributed by atoms with Crippen molar-refractivity contribution in [1.82, 2.24) is 14.7 Å². The first-order valence-corrected chi connectivity index (χ1v) is 9.29. The molecule has 1 N–H and O–H groups in total. The van der Waals surface area contributed by atoms with E-state index in [4.69, 9.17) is 0 Å². The third kappa shape index (κ3) is 4.02. The molecule has 4 heteroatoms. The van der Waals surface area contributed by atoms with Gasteiger partial charge >= 0.3 is 0 Å². The third-order valence-corrected chi connectivity index (χ3v) is 4.78. The van der Waals surface area contributed by atoms with E-state index in [0.717, 1.165) is 17.7 Å². The van der Waals surface area contributed by atoms with Crippen molar-refractivity contribution in [3.8, 4) is 0 Å². The molecule has 3 rings (SSSR count). The third-order valence-electron chi connectivity index (χ3n) is 4.78. The molecule has 1 aromatic carbocycles. The highest BCUT2D eigenvalue weighted by Gasteiger charge is 2.16. The molecule has 0 saturated carbocycles. The van der Waals surface area contributed by atoms with Crippen LogP contribution in [0.15, 0.2) is 53.5 Å². The number of nitrogens with zero attached hydrogens (tertiary/aromatic N) is 2. The summed E-state index contributed by atoms with van der Waals surface area (Å²) in [5.74, 6) is 0.437. The van der Waals surface area contributed by atoms with Crippen molar-refractivity contribution in [3.63, 3.8) is 0 Å². The lowest BCUT2D eigenvalue weighted by atomic mass is 9.95. The van der Waals surface area contributed by atoms with Crippen LogP contribution in [-0.2, 0) is 13.0 Å². The van der Waals surface area contributed by atoms with E-state index in [0.29, 0.717) is 18.1 Å². The molecule has 0 spiro atoms. The van der Waals surface area contributed by atoms with Gasteiger partial charge in [0.05, 0.1) is 5.69 Å². The van der Waals surface area contributed by atoms with E-state index in [1.54, 1.807) is 10.5 Å². The second kappa shape index (κ2) is 7.83. The van der Waals surface area contributed by atoms with E-state index in [-0.39, 0.29) is 11.6 Å². The number of benzene rings is 1. The summed E-state index contributed by atoms with van der Waals surface area (Å²) < 4.78 is 1.60. The molecule has 3 aromatic rings. The van der Waals surface area contributed by atoms with Crippen LogP contribution in [0.25, 0.3) is 5.65 Å². The fourth-order valence-electron chi connectivity index (χ4n) is 3.26. The first-order chi connectivity index (χ1) is 12.5. The fraction of sp³-hybridized carbons (Fsp3) is 0.364. The molecule has 4 nitrogen and oxygen atoms in total. The molecule has 0 radical (unpaired) electrons. The van der Waals surface area contributed by atoms with E-state index < -0.39 is 0 Å². The predicted molar refractivity (Wildman–Crippen MR) is 106 cm³/mol. The van der Waals surface area contributed by atoms with Crippen LogP contribution in [0.3, 0.4) is 0 Å². The van der Waals surface area contributed by atoms with Crippen molar-refractivity contribution < 1.29 is 0 Å². The average Bonchev–Trinajstić information content (AvgIpc) is 2.63. The van der Waals surface area contributed by atoms with Crippen molar-refractivity contribution in [2.75, 3.05) is 0 Å². The van der Waals surface area contributed by atoms with Crippen molar-refractivity contribution in [2.45, 2.75) is 46.7 Å². The maximum atomic E-state index is 12.4. The molecule has 0 saturated heterocycles. The molecule has 0 unspecified atom stereocenters. The largest absolute Gasteiger partial charge is 0.304 e. The van der Waals surface area contributed by atoms with Gasteiger partial charge < -0.3 is 5.32 Å². The molecule has 2 heterocycles. The van der Waals surface area contributed by atoms with Gasteiger partial charge in [0.15, 0.2) is 0 Å². The van der Waals surface area contributed by atoms with Gasteiger partial charge in [-0.25, -0.2) is 4.98 Å². The van der Waals surface area contributed by atoms with Gasteiger partial charge in [-0.2, -0.15) is 0 Å². The van der Waals surface area contributed by atoms with E-state index in [2.05, 4.69) is 55.3 Å². The van der Waals surface area contributed by atoms with Gasteiger partial charge in [-0.3, -0.25) is 9.20 Å². The molecule has 0 bridgehead atoms. The normalized spacial score (nSPS) is 12.7. The number of nitrogens with one attached hydrogen (secondary N) is 1. The SMILES string of the molecule is CCc1ccc([C@@H](NCc2cc(=O)n3cc(C)ccc3n2)C(C)C)cc1. The van der Waals surface area contributed by atoms with Crippen LogP contribution in [-0.4, -0.2) is 9.38 Å². The Hall–Kier alpha value is -2.46. The number of hydrogen-bond donors (Lipinski definition) is 1. The molecule has 0 aliphatic carbocycles. The minimum Gasteiger partial charge on any atom is -0.304 e. The second-order valence-electron chi connectivity index (χ2n) is 7.22. The zero-order valence-corrected chi connectivity index (χ0v) is 16.0. The Balaban J connectivity index is 1.81. The van der Waals surface area contributed by atoms with Crippen LogP contribution >= 0.6 is 0 Å². The smallest absolute Gasteiger partial charge is 0.258 e. The van der Waals surface area contributed by atoms with Crippen LogP contribution in [0, 0.1) is 12.8 Å². The number of fused-ring (bicyclic) bond motifs is 1. The Bertz CT molecular complexity index is 942. The summed E-state index contributed by atoms with van der Waals surface area (Å²) in [5, 5.41) is 3.58. The van der Waals surface area contributed by atoms with Gasteiger partial charge in [0.25, 0.3) is 5.56 Å². The molecular weight excluding hydrogens is 322 g/mol. The first kappa shape index (κ1) is 18.3. The van der Waals surface area contributed by atoms with Gasteiger partial charge in [0, 0.05) is 24.8 Å². The lowest BCUT2D eigenvalue weighted by molar-refractivity contribution is 0.408. The highest BCUT2D eigenvalue weighted by atomic mass is 16.1. The van der Waals surface area contributed by atoms with E-state index >= 15 is 0 Å². The zero-order valence-electron chi connectivity index (χ0n) is 16.0. The second-order valence-corrected chi connectivity index (χ2v) is 7.22. The Morgan fingerprint density at radius 1 is 1.12 bits per heavy atom. The highest BCUT2D eigenvalue weighted by molar-refractivity contribution is 5.40. The van der Waals surface area contributed by atoms with Crippen LogP contribution in [0.4, 0.5) is 0 Å². The van der Waals surface area contributed by atoms with Gasteiger partial charge in [-0.05, 0) is 42.0 Å². The number of hydrogen-bond acceptors (Lipinski definition) is 3. The predicted octanol–water partition coefficient (Wildman–Crippen LogP) is 4.05. The molecule has 0 aliphatic rings. The molecular formula is C22H27N3O. The minimum absolute atomic E-state index is 0.0381. The lowest BCUT2D eigenvalue weighted by Crippen LogP contribution is -2.27. The lowest BCUT2D eigenvalue weighted by Gasteiger charge is -2.23. The molecule has 0 aliphatic heterocycles. The highest BCUT2D eigenvalue weighted by Crippen LogP contribution is 2.22. The van der Waals surface area contributed by atoms with Crippen molar-refractivity contribution in [2.24, 2.45) is 5.92 Å². The number of aromatic nitrogens is 2. The monoisotopic (exact) mass is 349 g/mol. The Kier molecular flexibility index (Phi) is 5.52. The van der Waals surface area contributed by atoms with Gasteiger partial charge in [0.2, 0.25) is 0 Å². The Labute approximate surface area is 154 Å². The molecule has 136 valence electrons. The summed E-state index contributed by atoms with van der Waals surface area (Å²) in [7, 11) is 0. The van der Waals surface area contributed by atoms with Gasteiger partial charge in [0.1, 0.15) is 5.65 Å². The molecule has 2 aromatic heterocycles. The van der Waals surface area contributed by atoms with Crippen molar-refractivity contribution >= 4 is 5.65 Å². The minimum atomic E-state index is -0.0381. The molecule has 26 heavy (non-hydrogen) atoms. The van der Waals surface area contributed by atoms with Crippen molar-refractivity contribution in [1.29, 1.82) is 0 Å². The van der Waals surface area contributed by atoms with Crippen LogP contribution in [0.5, 0.6) is 0 Å². The summed E-state index contributed by atoms with van der Waals surface area (Å²) >= 11 is 0. The topological polar surface area (TPSA) is 46.4 Å². The quantitative estimate of drug-likeness (QED) is 0.730. The molecule has 0 amide bonds. The maximum Gasteiger partial charge on any atom is 0.258 e. The fourth-order valence-corrected chi connectivity index (χ4v) is 3.26. The van der Waals surface area contributed by atoms with Gasteiger partial charge in [-0.1, -0.05) is 51.1 Å². The van der Waals surface area contributed by atoms with Gasteiger partial charge in [-0.15, -0.1) is 0 Å². The van der Waals surface area contributed by atoms with E-state index in [1.807, 2.05) is 25.3 Å². The van der Waals surface area contributed by atoms with Crippen LogP contribution < -0.4 is 10.9 Å². The zero-order chi connectivity index (χ0) is 18.7. The molecule has 0 fully saturated rings. The Morgan fingerprint density at radius 3 is 2.50 bits per heavy atom. The summed E-state index contributed by atoms with van der Waals surface area (Å²) in [6.07, 6.45) is 2.87. The van der Waals surface area contributed by atoms with E-state index in [1.165, 1.54) is 11.1 Å². The summed E-state index contributed by atoms with van der Waals surface area (Å²) in [5.41, 5.74) is 5.08. The summed E-state index contributed by atoms with van der Waals surface area (Å²) in [6.45, 7) is 9.11. The average molecular weight is 349 g/mol. The van der Waals surface area contributed by atoms with Crippen molar-refractivity contribution in [3.05, 3.63) is 81.4 Å².